The number of ether oxygens (including phenoxy) is 2. The van der Waals surface area contributed by atoms with Crippen LogP contribution in [0.4, 0.5) is 4.79 Å². The van der Waals surface area contributed by atoms with Crippen LogP contribution < -0.4 is 5.32 Å². The Hall–Kier alpha value is -3.13. The lowest BCUT2D eigenvalue weighted by Crippen LogP contribution is -2.46. The average Bonchev–Trinajstić information content (AvgIpc) is 3.66. The van der Waals surface area contributed by atoms with Crippen LogP contribution in [0.2, 0.25) is 0 Å². The molecular weight excluding hydrogens is 482 g/mol. The van der Waals surface area contributed by atoms with Gasteiger partial charge in [-0.2, -0.15) is 0 Å². The first kappa shape index (κ1) is 25.2. The van der Waals surface area contributed by atoms with Crippen molar-refractivity contribution < 1.29 is 23.9 Å². The van der Waals surface area contributed by atoms with Crippen molar-refractivity contribution in [2.75, 3.05) is 26.3 Å². The minimum atomic E-state index is -0.829. The fourth-order valence-corrected chi connectivity index (χ4v) is 6.52. The third-order valence-electron chi connectivity index (χ3n) is 8.96. The lowest BCUT2D eigenvalue weighted by Gasteiger charge is -2.31. The monoisotopic (exact) mass is 519 g/mol. The Bertz CT molecular complexity index is 1150. The molecule has 5 aliphatic rings. The van der Waals surface area contributed by atoms with E-state index in [1.165, 1.54) is 4.90 Å². The number of carbonyl (C=O) groups excluding carboxylic acids is 3. The predicted molar refractivity (Wildman–Crippen MR) is 141 cm³/mol. The van der Waals surface area contributed by atoms with Crippen molar-refractivity contribution in [2.45, 2.75) is 69.7 Å². The van der Waals surface area contributed by atoms with Crippen LogP contribution in [-0.2, 0) is 25.6 Å². The van der Waals surface area contributed by atoms with E-state index in [1.54, 1.807) is 0 Å². The fraction of sp³-hybridized carbons (Fsp3) is 0.567. The topological polar surface area (TPSA) is 88.2 Å². The maximum absolute atomic E-state index is 13.6. The van der Waals surface area contributed by atoms with Crippen molar-refractivity contribution in [1.82, 2.24) is 15.1 Å². The zero-order valence-corrected chi connectivity index (χ0v) is 22.1. The van der Waals surface area contributed by atoms with Crippen LogP contribution >= 0.6 is 0 Å². The zero-order chi connectivity index (χ0) is 26.3. The molecule has 2 saturated heterocycles. The molecule has 8 heteroatoms. The molecule has 3 unspecified atom stereocenters. The summed E-state index contributed by atoms with van der Waals surface area (Å²) in [5, 5.41) is 3.42. The van der Waals surface area contributed by atoms with Crippen LogP contribution in [0.1, 0.15) is 51.0 Å². The summed E-state index contributed by atoms with van der Waals surface area (Å²) in [6, 6.07) is 10.4. The molecule has 6 rings (SSSR count). The van der Waals surface area contributed by atoms with Crippen LogP contribution in [0.25, 0.3) is 0 Å². The third-order valence-corrected chi connectivity index (χ3v) is 8.96. The van der Waals surface area contributed by atoms with Gasteiger partial charge in [-0.05, 0) is 68.6 Å². The van der Waals surface area contributed by atoms with Gasteiger partial charge in [-0.15, -0.1) is 0 Å². The van der Waals surface area contributed by atoms with Crippen LogP contribution in [0, 0.1) is 11.8 Å². The molecular formula is C30H37N3O5. The molecule has 0 bridgehead atoms. The molecule has 2 saturated carbocycles. The zero-order valence-electron chi connectivity index (χ0n) is 22.1. The Labute approximate surface area is 224 Å². The van der Waals surface area contributed by atoms with E-state index in [0.29, 0.717) is 50.8 Å². The van der Waals surface area contributed by atoms with Gasteiger partial charge in [0, 0.05) is 37.8 Å². The van der Waals surface area contributed by atoms with E-state index in [4.69, 9.17) is 9.47 Å². The number of carbonyl (C=O) groups is 3. The summed E-state index contributed by atoms with van der Waals surface area (Å²) in [7, 11) is 0. The first-order valence-corrected chi connectivity index (χ1v) is 14.1. The Morgan fingerprint density at radius 1 is 1.11 bits per heavy atom. The molecule has 8 nitrogen and oxygen atoms in total. The molecule has 0 aromatic heterocycles. The van der Waals surface area contributed by atoms with E-state index in [0.717, 1.165) is 36.8 Å². The minimum absolute atomic E-state index is 0.0111. The highest BCUT2D eigenvalue weighted by Crippen LogP contribution is 2.48. The van der Waals surface area contributed by atoms with Gasteiger partial charge in [-0.25, -0.2) is 4.79 Å². The summed E-state index contributed by atoms with van der Waals surface area (Å²) in [6.45, 7) is 4.35. The second kappa shape index (κ2) is 10.2. The van der Waals surface area contributed by atoms with Gasteiger partial charge >= 0.3 is 6.09 Å². The maximum atomic E-state index is 13.6. The van der Waals surface area contributed by atoms with E-state index in [2.05, 4.69) is 12.2 Å². The maximum Gasteiger partial charge on any atom is 0.411 e. The quantitative estimate of drug-likeness (QED) is 0.565. The lowest BCUT2D eigenvalue weighted by molar-refractivity contribution is -0.135. The Kier molecular flexibility index (Phi) is 6.76. The molecule has 2 amide bonds. The first-order valence-electron chi connectivity index (χ1n) is 14.1. The number of ketones is 1. The van der Waals surface area contributed by atoms with Gasteiger partial charge in [0.15, 0.2) is 11.4 Å². The molecule has 3 atom stereocenters. The average molecular weight is 520 g/mol. The van der Waals surface area contributed by atoms with Gasteiger partial charge in [0.05, 0.1) is 12.2 Å². The van der Waals surface area contributed by atoms with Crippen molar-refractivity contribution in [1.29, 1.82) is 0 Å². The molecule has 0 radical (unpaired) electrons. The summed E-state index contributed by atoms with van der Waals surface area (Å²) in [5.41, 5.74) is 1.76. The Morgan fingerprint density at radius 2 is 1.87 bits per heavy atom. The molecule has 1 aromatic rings. The number of hydrogen-bond donors (Lipinski definition) is 1. The van der Waals surface area contributed by atoms with Crippen molar-refractivity contribution in [3.63, 3.8) is 0 Å². The molecule has 38 heavy (non-hydrogen) atoms. The van der Waals surface area contributed by atoms with Crippen LogP contribution in [-0.4, -0.2) is 71.6 Å². The van der Waals surface area contributed by atoms with Crippen LogP contribution in [0.5, 0.6) is 0 Å². The summed E-state index contributed by atoms with van der Waals surface area (Å²) >= 11 is 0. The number of allylic oxidation sites excluding steroid dienone is 3. The smallest absolute Gasteiger partial charge is 0.411 e. The minimum Gasteiger partial charge on any atom is -0.436 e. The molecule has 1 aromatic carbocycles. The molecule has 2 heterocycles. The van der Waals surface area contributed by atoms with Crippen LogP contribution in [0.15, 0.2) is 53.8 Å². The second-order valence-electron chi connectivity index (χ2n) is 11.5. The number of benzene rings is 1. The second-order valence-corrected chi connectivity index (χ2v) is 11.5. The number of nitrogens with zero attached hydrogens (tertiary/aromatic N) is 2. The van der Waals surface area contributed by atoms with Crippen LogP contribution in [0.3, 0.4) is 0 Å². The van der Waals surface area contributed by atoms with E-state index in [9.17, 15) is 14.4 Å². The van der Waals surface area contributed by atoms with E-state index in [-0.39, 0.29) is 36.2 Å². The molecule has 4 fully saturated rings. The largest absolute Gasteiger partial charge is 0.436 e. The number of amides is 2. The number of Topliss-reactive ketones (excluding diaryl/α,β-unsaturated/α-hetero) is 1. The van der Waals surface area contributed by atoms with Gasteiger partial charge in [0.1, 0.15) is 6.54 Å². The highest BCUT2D eigenvalue weighted by Gasteiger charge is 2.56. The third kappa shape index (κ3) is 4.86. The Morgan fingerprint density at radius 3 is 2.61 bits per heavy atom. The molecule has 202 valence electrons. The van der Waals surface area contributed by atoms with Crippen molar-refractivity contribution in [2.24, 2.45) is 11.8 Å². The SMILES string of the molecule is CC(C1CC1)N(Cc1ccccc1)C(=O)CN1CC2(CCC3C(=O)C(NC4CCOCC4)=CC=C32)OC1=O. The number of hydrogen-bond acceptors (Lipinski definition) is 6. The van der Waals surface area contributed by atoms with Gasteiger partial charge in [0.25, 0.3) is 0 Å². The normalized spacial score (nSPS) is 28.0. The highest BCUT2D eigenvalue weighted by atomic mass is 16.6. The Balaban J connectivity index is 1.15. The fourth-order valence-electron chi connectivity index (χ4n) is 6.52. The molecule has 1 spiro atoms. The van der Waals surface area contributed by atoms with E-state index < -0.39 is 11.7 Å². The lowest BCUT2D eigenvalue weighted by atomic mass is 9.85. The molecule has 2 aliphatic heterocycles. The summed E-state index contributed by atoms with van der Waals surface area (Å²) in [4.78, 5) is 43.4. The van der Waals surface area contributed by atoms with Gasteiger partial charge < -0.3 is 19.7 Å². The van der Waals surface area contributed by atoms with Crippen molar-refractivity contribution in [3.05, 3.63) is 59.3 Å². The standard InChI is InChI=1S/C30H37N3O5/c1-20(22-7-8-22)33(17-21-5-3-2-4-6-21)27(34)18-32-19-30(38-29(32)36)14-11-24-25(30)9-10-26(28(24)35)31-23-12-15-37-16-13-23/h2-6,9-10,20,22-24,31H,7-8,11-19H2,1H3. The van der Waals surface area contributed by atoms with E-state index in [1.807, 2.05) is 47.4 Å². The van der Waals surface area contributed by atoms with Crippen molar-refractivity contribution >= 4 is 17.8 Å². The summed E-state index contributed by atoms with van der Waals surface area (Å²) < 4.78 is 11.4. The van der Waals surface area contributed by atoms with Gasteiger partial charge in [-0.3, -0.25) is 14.5 Å². The number of rotatable bonds is 8. The van der Waals surface area contributed by atoms with Gasteiger partial charge in [0.2, 0.25) is 5.91 Å². The molecule has 1 N–H and O–H groups in total. The van der Waals surface area contributed by atoms with Crippen molar-refractivity contribution in [3.8, 4) is 0 Å². The van der Waals surface area contributed by atoms with Gasteiger partial charge in [-0.1, -0.05) is 36.4 Å². The number of fused-ring (bicyclic) bond motifs is 2. The predicted octanol–water partition coefficient (Wildman–Crippen LogP) is 3.58. The number of nitrogens with one attached hydrogen (secondary N) is 1. The highest BCUT2D eigenvalue weighted by molar-refractivity contribution is 6.01. The van der Waals surface area contributed by atoms with E-state index >= 15 is 0 Å². The first-order chi connectivity index (χ1) is 18.4. The molecule has 3 aliphatic carbocycles. The summed E-state index contributed by atoms with van der Waals surface area (Å²) in [6.07, 6.45) is 8.62. The summed E-state index contributed by atoms with van der Waals surface area (Å²) in [5.74, 6) is 0.247.